The summed E-state index contributed by atoms with van der Waals surface area (Å²) < 4.78 is 1.07. The van der Waals surface area contributed by atoms with E-state index >= 15 is 0 Å². The van der Waals surface area contributed by atoms with Gasteiger partial charge >= 0.3 is 0 Å². The molecule has 2 aromatic carbocycles. The molecule has 2 aromatic rings. The van der Waals surface area contributed by atoms with Crippen molar-refractivity contribution in [2.75, 3.05) is 5.32 Å². The number of halogens is 1. The molecule has 17 heavy (non-hydrogen) atoms. The van der Waals surface area contributed by atoms with Gasteiger partial charge in [-0.2, -0.15) is 0 Å². The number of hydrogen-bond donors (Lipinski definition) is 2. The molecule has 0 aliphatic rings. The lowest BCUT2D eigenvalue weighted by molar-refractivity contribution is 0.280. The monoisotopic (exact) mass is 291 g/mol. The predicted molar refractivity (Wildman–Crippen MR) is 73.8 cm³/mol. The van der Waals surface area contributed by atoms with E-state index in [0.29, 0.717) is 0 Å². The number of benzene rings is 2. The van der Waals surface area contributed by atoms with Gasteiger partial charge in [-0.3, -0.25) is 0 Å². The van der Waals surface area contributed by atoms with Gasteiger partial charge in [0.1, 0.15) is 0 Å². The third-order valence-electron chi connectivity index (χ3n) is 2.62. The Kier molecular flexibility index (Phi) is 4.18. The van der Waals surface area contributed by atoms with E-state index in [4.69, 9.17) is 0 Å². The van der Waals surface area contributed by atoms with Gasteiger partial charge in [0.2, 0.25) is 0 Å². The molecule has 3 heteroatoms. The zero-order chi connectivity index (χ0) is 12.1. The largest absolute Gasteiger partial charge is 0.392 e. The summed E-state index contributed by atoms with van der Waals surface area (Å²) in [4.78, 5) is 0. The second kappa shape index (κ2) is 5.84. The zero-order valence-electron chi connectivity index (χ0n) is 9.36. The molecule has 0 amide bonds. The van der Waals surface area contributed by atoms with E-state index in [1.165, 1.54) is 0 Å². The lowest BCUT2D eigenvalue weighted by atomic mass is 10.1. The number of nitrogens with one attached hydrogen (secondary N) is 1. The van der Waals surface area contributed by atoms with Gasteiger partial charge in [-0.15, -0.1) is 0 Å². The van der Waals surface area contributed by atoms with Crippen molar-refractivity contribution < 1.29 is 5.11 Å². The number of aliphatic hydroxyl groups is 1. The fourth-order valence-corrected chi connectivity index (χ4v) is 1.91. The number of anilines is 1. The number of hydrogen-bond acceptors (Lipinski definition) is 2. The molecule has 0 heterocycles. The van der Waals surface area contributed by atoms with Gasteiger partial charge in [-0.05, 0) is 35.4 Å². The summed E-state index contributed by atoms with van der Waals surface area (Å²) in [6, 6.07) is 15.9. The summed E-state index contributed by atoms with van der Waals surface area (Å²) in [6.07, 6.45) is 0. The summed E-state index contributed by atoms with van der Waals surface area (Å²) >= 11 is 3.40. The van der Waals surface area contributed by atoms with E-state index in [1.807, 2.05) is 48.5 Å². The van der Waals surface area contributed by atoms with Gasteiger partial charge < -0.3 is 10.4 Å². The molecule has 0 aliphatic heterocycles. The summed E-state index contributed by atoms with van der Waals surface area (Å²) in [7, 11) is 0. The van der Waals surface area contributed by atoms with Gasteiger partial charge in [0, 0.05) is 16.7 Å². The Labute approximate surface area is 109 Å². The molecule has 2 rings (SSSR count). The molecular weight excluding hydrogens is 278 g/mol. The summed E-state index contributed by atoms with van der Waals surface area (Å²) in [5.74, 6) is 0. The van der Waals surface area contributed by atoms with Crippen LogP contribution in [0.1, 0.15) is 11.1 Å². The van der Waals surface area contributed by atoms with E-state index < -0.39 is 0 Å². The molecule has 0 saturated heterocycles. The Morgan fingerprint density at radius 1 is 0.941 bits per heavy atom. The third kappa shape index (κ3) is 3.32. The Balaban J connectivity index is 2.04. The molecule has 0 aromatic heterocycles. The Hall–Kier alpha value is -1.32. The molecule has 0 bridgehead atoms. The molecule has 0 spiro atoms. The predicted octanol–water partition coefficient (Wildman–Crippen LogP) is 3.55. The Morgan fingerprint density at radius 3 is 2.24 bits per heavy atom. The molecule has 0 atom stereocenters. The van der Waals surface area contributed by atoms with Crippen molar-refractivity contribution in [2.24, 2.45) is 0 Å². The minimum Gasteiger partial charge on any atom is -0.392 e. The smallest absolute Gasteiger partial charge is 0.0685 e. The minimum absolute atomic E-state index is 0.0815. The topological polar surface area (TPSA) is 32.3 Å². The van der Waals surface area contributed by atoms with Crippen LogP contribution in [0.15, 0.2) is 53.0 Å². The molecule has 0 aliphatic carbocycles. The standard InChI is InChI=1S/C14H14BrNO/c15-13-5-7-14(8-6-13)16-9-11-3-1-2-4-12(11)10-17/h1-8,16-17H,9-10H2. The second-order valence-electron chi connectivity index (χ2n) is 3.79. The van der Waals surface area contributed by atoms with Crippen molar-refractivity contribution in [1.82, 2.24) is 0 Å². The lowest BCUT2D eigenvalue weighted by Gasteiger charge is -2.09. The molecule has 0 radical (unpaired) electrons. The van der Waals surface area contributed by atoms with Crippen LogP contribution in [0.3, 0.4) is 0 Å². The van der Waals surface area contributed by atoms with E-state index in [0.717, 1.165) is 27.8 Å². The van der Waals surface area contributed by atoms with Gasteiger partial charge in [-0.25, -0.2) is 0 Å². The number of aliphatic hydroxyl groups excluding tert-OH is 1. The highest BCUT2D eigenvalue weighted by Gasteiger charge is 2.00. The highest BCUT2D eigenvalue weighted by molar-refractivity contribution is 9.10. The highest BCUT2D eigenvalue weighted by atomic mass is 79.9. The first-order valence-corrected chi connectivity index (χ1v) is 6.26. The molecule has 2 N–H and O–H groups in total. The number of rotatable bonds is 4. The normalized spacial score (nSPS) is 10.2. The van der Waals surface area contributed by atoms with Crippen molar-refractivity contribution >= 4 is 21.6 Å². The van der Waals surface area contributed by atoms with Crippen molar-refractivity contribution in [3.63, 3.8) is 0 Å². The van der Waals surface area contributed by atoms with Crippen LogP contribution >= 0.6 is 15.9 Å². The van der Waals surface area contributed by atoms with Crippen LogP contribution in [0.4, 0.5) is 5.69 Å². The van der Waals surface area contributed by atoms with Crippen LogP contribution in [0.25, 0.3) is 0 Å². The maximum Gasteiger partial charge on any atom is 0.0685 e. The van der Waals surface area contributed by atoms with E-state index in [9.17, 15) is 5.11 Å². The fourth-order valence-electron chi connectivity index (χ4n) is 1.65. The van der Waals surface area contributed by atoms with Gasteiger partial charge in [-0.1, -0.05) is 40.2 Å². The fraction of sp³-hybridized carbons (Fsp3) is 0.143. The van der Waals surface area contributed by atoms with E-state index in [2.05, 4.69) is 21.2 Å². The molecule has 0 fully saturated rings. The molecule has 0 unspecified atom stereocenters. The van der Waals surface area contributed by atoms with Crippen molar-refractivity contribution in [3.05, 3.63) is 64.1 Å². The maximum atomic E-state index is 9.22. The summed E-state index contributed by atoms with van der Waals surface area (Å²) in [5, 5.41) is 12.5. The minimum atomic E-state index is 0.0815. The average Bonchev–Trinajstić information content (AvgIpc) is 2.38. The zero-order valence-corrected chi connectivity index (χ0v) is 10.9. The molecular formula is C14H14BrNO. The maximum absolute atomic E-state index is 9.22. The van der Waals surface area contributed by atoms with Gasteiger partial charge in [0.15, 0.2) is 0 Å². The lowest BCUT2D eigenvalue weighted by Crippen LogP contribution is -2.02. The Bertz CT molecular complexity index is 482. The van der Waals surface area contributed by atoms with Crippen LogP contribution in [0.2, 0.25) is 0 Å². The highest BCUT2D eigenvalue weighted by Crippen LogP contribution is 2.16. The van der Waals surface area contributed by atoms with Crippen molar-refractivity contribution in [3.8, 4) is 0 Å². The SMILES string of the molecule is OCc1ccccc1CNc1ccc(Br)cc1. The van der Waals surface area contributed by atoms with Crippen LogP contribution in [-0.2, 0) is 13.2 Å². The summed E-state index contributed by atoms with van der Waals surface area (Å²) in [5.41, 5.74) is 3.16. The van der Waals surface area contributed by atoms with Gasteiger partial charge in [0.05, 0.1) is 6.61 Å². The quantitative estimate of drug-likeness (QED) is 0.903. The molecule has 88 valence electrons. The van der Waals surface area contributed by atoms with E-state index in [1.54, 1.807) is 0 Å². The Morgan fingerprint density at radius 2 is 1.59 bits per heavy atom. The van der Waals surface area contributed by atoms with Crippen LogP contribution in [0, 0.1) is 0 Å². The van der Waals surface area contributed by atoms with E-state index in [-0.39, 0.29) is 6.61 Å². The summed E-state index contributed by atoms with van der Waals surface area (Å²) in [6.45, 7) is 0.802. The molecule has 2 nitrogen and oxygen atoms in total. The molecule has 0 saturated carbocycles. The van der Waals surface area contributed by atoms with Crippen LogP contribution < -0.4 is 5.32 Å². The van der Waals surface area contributed by atoms with Crippen molar-refractivity contribution in [1.29, 1.82) is 0 Å². The first-order valence-electron chi connectivity index (χ1n) is 5.46. The van der Waals surface area contributed by atoms with Crippen LogP contribution in [0.5, 0.6) is 0 Å². The average molecular weight is 292 g/mol. The van der Waals surface area contributed by atoms with Crippen LogP contribution in [-0.4, -0.2) is 5.11 Å². The third-order valence-corrected chi connectivity index (χ3v) is 3.14. The first kappa shape index (κ1) is 12.1. The van der Waals surface area contributed by atoms with Gasteiger partial charge in [0.25, 0.3) is 0 Å². The second-order valence-corrected chi connectivity index (χ2v) is 4.70. The van der Waals surface area contributed by atoms with Crippen molar-refractivity contribution in [2.45, 2.75) is 13.2 Å². The first-order chi connectivity index (χ1) is 8.29.